The van der Waals surface area contributed by atoms with Crippen LogP contribution in [0.15, 0.2) is 12.2 Å². The van der Waals surface area contributed by atoms with Crippen LogP contribution in [0.2, 0.25) is 0 Å². The number of aliphatic hydroxyl groups is 1. The van der Waals surface area contributed by atoms with Gasteiger partial charge in [-0.25, -0.2) is 0 Å². The van der Waals surface area contributed by atoms with E-state index in [-0.39, 0.29) is 12.3 Å². The molecule has 1 rings (SSSR count). The fourth-order valence-corrected chi connectivity index (χ4v) is 1.09. The highest BCUT2D eigenvalue weighted by Gasteiger charge is 2.25. The van der Waals surface area contributed by atoms with Gasteiger partial charge < -0.3 is 10.4 Å². The molecule has 11 heavy (non-hydrogen) atoms. The Labute approximate surface area is 66.1 Å². The first kappa shape index (κ1) is 8.27. The molecule has 1 amide bonds. The summed E-state index contributed by atoms with van der Waals surface area (Å²) in [5, 5.41) is 12.3. The number of nitrogens with one attached hydrogen (secondary N) is 1. The second-order valence-corrected chi connectivity index (χ2v) is 2.84. The second kappa shape index (κ2) is 3.05. The van der Waals surface area contributed by atoms with E-state index in [2.05, 4.69) is 5.32 Å². The lowest BCUT2D eigenvalue weighted by atomic mass is 9.96. The minimum absolute atomic E-state index is 0.0839. The van der Waals surface area contributed by atoms with Crippen LogP contribution in [0.5, 0.6) is 0 Å². The number of hydrogen-bond donors (Lipinski definition) is 2. The lowest BCUT2D eigenvalue weighted by Crippen LogP contribution is -2.32. The molecule has 0 aromatic heterocycles. The van der Waals surface area contributed by atoms with Crippen molar-refractivity contribution in [3.8, 4) is 0 Å². The molecule has 0 spiro atoms. The van der Waals surface area contributed by atoms with Gasteiger partial charge in [-0.3, -0.25) is 4.79 Å². The van der Waals surface area contributed by atoms with Gasteiger partial charge in [-0.15, -0.1) is 0 Å². The fourth-order valence-electron chi connectivity index (χ4n) is 1.09. The zero-order chi connectivity index (χ0) is 8.32. The largest absolute Gasteiger partial charge is 0.385 e. The van der Waals surface area contributed by atoms with Crippen LogP contribution in [0.3, 0.4) is 0 Å². The van der Waals surface area contributed by atoms with Gasteiger partial charge in [-0.1, -0.05) is 19.1 Å². The summed E-state index contributed by atoms with van der Waals surface area (Å²) in [6, 6.07) is 0. The van der Waals surface area contributed by atoms with Crippen molar-refractivity contribution >= 4 is 5.91 Å². The van der Waals surface area contributed by atoms with Gasteiger partial charge in [0.1, 0.15) is 0 Å². The third-order valence-corrected chi connectivity index (χ3v) is 1.92. The maximum atomic E-state index is 10.9. The summed E-state index contributed by atoms with van der Waals surface area (Å²) in [5.74, 6) is -0.0839. The summed E-state index contributed by atoms with van der Waals surface area (Å²) in [7, 11) is 0. The molecule has 62 valence electrons. The number of carbonyl (C=O) groups is 1. The smallest absolute Gasteiger partial charge is 0.223 e. The number of rotatable bonds is 1. The molecule has 0 aromatic rings. The van der Waals surface area contributed by atoms with Crippen molar-refractivity contribution in [2.75, 3.05) is 6.54 Å². The highest BCUT2D eigenvalue weighted by Crippen LogP contribution is 2.17. The van der Waals surface area contributed by atoms with Crippen molar-refractivity contribution in [2.24, 2.45) is 0 Å². The third-order valence-electron chi connectivity index (χ3n) is 1.92. The van der Waals surface area contributed by atoms with Crippen LogP contribution in [-0.4, -0.2) is 23.2 Å². The SMILES string of the molecule is CC[C@@]1(O)C=CCNC(=O)C1. The first-order chi connectivity index (χ1) is 5.16. The number of hydrogen-bond acceptors (Lipinski definition) is 2. The van der Waals surface area contributed by atoms with Crippen molar-refractivity contribution in [2.45, 2.75) is 25.4 Å². The van der Waals surface area contributed by atoms with Crippen LogP contribution in [0, 0.1) is 0 Å². The van der Waals surface area contributed by atoms with Gasteiger partial charge in [0, 0.05) is 6.54 Å². The van der Waals surface area contributed by atoms with Gasteiger partial charge in [0.2, 0.25) is 5.91 Å². The molecule has 0 aliphatic carbocycles. The van der Waals surface area contributed by atoms with E-state index in [1.54, 1.807) is 12.2 Å². The Morgan fingerprint density at radius 3 is 3.18 bits per heavy atom. The summed E-state index contributed by atoms with van der Waals surface area (Å²) >= 11 is 0. The second-order valence-electron chi connectivity index (χ2n) is 2.84. The van der Waals surface area contributed by atoms with E-state index >= 15 is 0 Å². The van der Waals surface area contributed by atoms with Crippen LogP contribution >= 0.6 is 0 Å². The van der Waals surface area contributed by atoms with Crippen molar-refractivity contribution < 1.29 is 9.90 Å². The minimum atomic E-state index is -0.916. The summed E-state index contributed by atoms with van der Waals surface area (Å²) in [4.78, 5) is 10.9. The predicted molar refractivity (Wildman–Crippen MR) is 42.0 cm³/mol. The monoisotopic (exact) mass is 155 g/mol. The molecule has 1 atom stereocenters. The molecule has 0 bridgehead atoms. The average molecular weight is 155 g/mol. The Bertz CT molecular complexity index is 189. The quantitative estimate of drug-likeness (QED) is 0.531. The molecule has 0 unspecified atom stereocenters. The van der Waals surface area contributed by atoms with Crippen LogP contribution < -0.4 is 5.32 Å². The lowest BCUT2D eigenvalue weighted by molar-refractivity contribution is -0.124. The molecule has 0 saturated carbocycles. The van der Waals surface area contributed by atoms with E-state index in [1.807, 2.05) is 6.92 Å². The number of amides is 1. The van der Waals surface area contributed by atoms with Crippen molar-refractivity contribution in [3.63, 3.8) is 0 Å². The van der Waals surface area contributed by atoms with E-state index in [4.69, 9.17) is 0 Å². The maximum absolute atomic E-state index is 10.9. The molecule has 1 heterocycles. The summed E-state index contributed by atoms with van der Waals surface area (Å²) in [6.07, 6.45) is 4.25. The highest BCUT2D eigenvalue weighted by atomic mass is 16.3. The molecule has 3 nitrogen and oxygen atoms in total. The number of carbonyl (C=O) groups excluding carboxylic acids is 1. The van der Waals surface area contributed by atoms with Gasteiger partial charge in [-0.2, -0.15) is 0 Å². The zero-order valence-electron chi connectivity index (χ0n) is 6.63. The van der Waals surface area contributed by atoms with Gasteiger partial charge in [-0.05, 0) is 6.42 Å². The Balaban J connectivity index is 2.70. The molecule has 2 N–H and O–H groups in total. The van der Waals surface area contributed by atoms with Crippen LogP contribution in [0.1, 0.15) is 19.8 Å². The topological polar surface area (TPSA) is 49.3 Å². The molecule has 1 aliphatic rings. The van der Waals surface area contributed by atoms with E-state index in [1.165, 1.54) is 0 Å². The Morgan fingerprint density at radius 1 is 1.82 bits per heavy atom. The van der Waals surface area contributed by atoms with Crippen LogP contribution in [0.25, 0.3) is 0 Å². The molecular weight excluding hydrogens is 142 g/mol. The standard InChI is InChI=1S/C8H13NO2/c1-2-8(11)4-3-5-9-7(10)6-8/h3-4,11H,2,5-6H2,1H3,(H,9,10)/t8-/m1/s1. The molecule has 0 fully saturated rings. The molecule has 3 heteroatoms. The maximum Gasteiger partial charge on any atom is 0.223 e. The average Bonchev–Trinajstić information content (AvgIpc) is 2.13. The fraction of sp³-hybridized carbons (Fsp3) is 0.625. The Morgan fingerprint density at radius 2 is 2.55 bits per heavy atom. The van der Waals surface area contributed by atoms with E-state index in [9.17, 15) is 9.90 Å². The van der Waals surface area contributed by atoms with Gasteiger partial charge >= 0.3 is 0 Å². The Kier molecular flexibility index (Phi) is 2.29. The minimum Gasteiger partial charge on any atom is -0.385 e. The molecule has 0 aromatic carbocycles. The predicted octanol–water partition coefficient (Wildman–Crippen LogP) is 0.204. The van der Waals surface area contributed by atoms with Gasteiger partial charge in [0.05, 0.1) is 12.0 Å². The molecule has 1 aliphatic heterocycles. The van der Waals surface area contributed by atoms with Crippen LogP contribution in [-0.2, 0) is 4.79 Å². The molecule has 0 radical (unpaired) electrons. The van der Waals surface area contributed by atoms with Gasteiger partial charge in [0.15, 0.2) is 0 Å². The first-order valence-electron chi connectivity index (χ1n) is 3.83. The highest BCUT2D eigenvalue weighted by molar-refractivity contribution is 5.78. The first-order valence-corrected chi connectivity index (χ1v) is 3.83. The van der Waals surface area contributed by atoms with Crippen molar-refractivity contribution in [1.29, 1.82) is 0 Å². The summed E-state index contributed by atoms with van der Waals surface area (Å²) < 4.78 is 0. The summed E-state index contributed by atoms with van der Waals surface area (Å²) in [6.45, 7) is 2.39. The van der Waals surface area contributed by atoms with Gasteiger partial charge in [0.25, 0.3) is 0 Å². The normalized spacial score (nSPS) is 31.3. The molecule has 0 saturated heterocycles. The van der Waals surface area contributed by atoms with Crippen LogP contribution in [0.4, 0.5) is 0 Å². The van der Waals surface area contributed by atoms with E-state index < -0.39 is 5.60 Å². The van der Waals surface area contributed by atoms with Crippen molar-refractivity contribution in [3.05, 3.63) is 12.2 Å². The van der Waals surface area contributed by atoms with E-state index in [0.717, 1.165) is 0 Å². The molecular formula is C8H13NO2. The lowest BCUT2D eigenvalue weighted by Gasteiger charge is -2.19. The van der Waals surface area contributed by atoms with E-state index in [0.29, 0.717) is 13.0 Å². The summed E-state index contributed by atoms with van der Waals surface area (Å²) in [5.41, 5.74) is -0.916. The Hall–Kier alpha value is -0.830. The third kappa shape index (κ3) is 2.05. The van der Waals surface area contributed by atoms with Crippen molar-refractivity contribution in [1.82, 2.24) is 5.32 Å². The zero-order valence-corrected chi connectivity index (χ0v) is 6.63.